The molecule has 0 saturated heterocycles. The zero-order valence-electron chi connectivity index (χ0n) is 18.0. The van der Waals surface area contributed by atoms with Crippen LogP contribution in [0.2, 0.25) is 0 Å². The minimum Gasteiger partial charge on any atom is -0.322 e. The lowest BCUT2D eigenvalue weighted by atomic mass is 9.81. The van der Waals surface area contributed by atoms with E-state index in [-0.39, 0.29) is 16.4 Å². The molecule has 3 nitrogen and oxygen atoms in total. The molecule has 4 heteroatoms. The Kier molecular flexibility index (Phi) is 5.33. The fraction of sp³-hybridized carbons (Fsp3) is 0.591. The van der Waals surface area contributed by atoms with Crippen molar-refractivity contribution in [1.82, 2.24) is 9.55 Å². The van der Waals surface area contributed by atoms with Crippen molar-refractivity contribution >= 4 is 10.8 Å². The van der Waals surface area contributed by atoms with E-state index in [2.05, 4.69) is 66.9 Å². The molecule has 0 N–H and O–H groups in total. The SMILES string of the molecule is CS(=O)c1ccc(-c2nc(C(C)(C)C)c(C(C)(C)C)n2C(C)(C)C)cc1. The van der Waals surface area contributed by atoms with E-state index in [4.69, 9.17) is 4.98 Å². The number of imidazole rings is 1. The molecule has 0 radical (unpaired) electrons. The van der Waals surface area contributed by atoms with Crippen LogP contribution in [0.5, 0.6) is 0 Å². The second kappa shape index (κ2) is 6.63. The number of hydrogen-bond donors (Lipinski definition) is 0. The van der Waals surface area contributed by atoms with Gasteiger partial charge in [0, 0.05) is 49.6 Å². The number of benzene rings is 1. The molecule has 0 fully saturated rings. The van der Waals surface area contributed by atoms with Crippen molar-refractivity contribution in [3.8, 4) is 11.4 Å². The summed E-state index contributed by atoms with van der Waals surface area (Å²) in [6, 6.07) is 7.97. The van der Waals surface area contributed by atoms with Crippen LogP contribution >= 0.6 is 0 Å². The first-order valence-electron chi connectivity index (χ1n) is 9.22. The summed E-state index contributed by atoms with van der Waals surface area (Å²) in [6.07, 6.45) is 1.71. The van der Waals surface area contributed by atoms with Gasteiger partial charge in [0.1, 0.15) is 5.82 Å². The van der Waals surface area contributed by atoms with Crippen molar-refractivity contribution in [2.24, 2.45) is 0 Å². The first kappa shape index (κ1) is 20.9. The first-order valence-corrected chi connectivity index (χ1v) is 10.8. The summed E-state index contributed by atoms with van der Waals surface area (Å²) >= 11 is 0. The smallest absolute Gasteiger partial charge is 0.140 e. The Morgan fingerprint density at radius 3 is 1.69 bits per heavy atom. The maximum atomic E-state index is 11.7. The van der Waals surface area contributed by atoms with Crippen LogP contribution in [-0.2, 0) is 27.2 Å². The third kappa shape index (κ3) is 4.11. The van der Waals surface area contributed by atoms with Gasteiger partial charge >= 0.3 is 0 Å². The normalized spacial score (nSPS) is 14.5. The van der Waals surface area contributed by atoms with E-state index in [0.29, 0.717) is 0 Å². The van der Waals surface area contributed by atoms with Crippen LogP contribution in [0.25, 0.3) is 11.4 Å². The van der Waals surface area contributed by atoms with Gasteiger partial charge in [0.2, 0.25) is 0 Å². The second-order valence-corrected chi connectivity index (χ2v) is 11.5. The number of aromatic nitrogens is 2. The minimum atomic E-state index is -0.971. The van der Waals surface area contributed by atoms with E-state index in [1.54, 1.807) is 6.26 Å². The maximum absolute atomic E-state index is 11.7. The quantitative estimate of drug-likeness (QED) is 0.682. The van der Waals surface area contributed by atoms with Gasteiger partial charge in [-0.15, -0.1) is 0 Å². The lowest BCUT2D eigenvalue weighted by Crippen LogP contribution is -2.32. The van der Waals surface area contributed by atoms with Gasteiger partial charge in [0.05, 0.1) is 5.69 Å². The van der Waals surface area contributed by atoms with Gasteiger partial charge in [0.25, 0.3) is 0 Å². The standard InChI is InChI=1S/C22H34N2OS/c1-20(2,3)17-18(21(4,5)6)24(22(7,8)9)19(23-17)15-11-13-16(14-12-15)26(10)25/h11-14H,1-10H3. The summed E-state index contributed by atoms with van der Waals surface area (Å²) in [5.74, 6) is 0.987. The van der Waals surface area contributed by atoms with Crippen molar-refractivity contribution < 1.29 is 4.21 Å². The van der Waals surface area contributed by atoms with Crippen molar-refractivity contribution in [2.45, 2.75) is 83.6 Å². The lowest BCUT2D eigenvalue weighted by molar-refractivity contribution is 0.358. The fourth-order valence-electron chi connectivity index (χ4n) is 3.28. The van der Waals surface area contributed by atoms with Gasteiger partial charge in [-0.2, -0.15) is 0 Å². The molecule has 1 aromatic carbocycles. The number of rotatable bonds is 2. The average Bonchev–Trinajstić information content (AvgIpc) is 2.88. The second-order valence-electron chi connectivity index (χ2n) is 10.1. The molecule has 0 aliphatic heterocycles. The molecular weight excluding hydrogens is 340 g/mol. The third-order valence-electron chi connectivity index (χ3n) is 4.41. The van der Waals surface area contributed by atoms with Crippen molar-refractivity contribution in [3.63, 3.8) is 0 Å². The van der Waals surface area contributed by atoms with Crippen molar-refractivity contribution in [2.75, 3.05) is 6.26 Å². The Bertz CT molecular complexity index is 810. The summed E-state index contributed by atoms with van der Waals surface area (Å²) in [7, 11) is -0.971. The highest BCUT2D eigenvalue weighted by Gasteiger charge is 2.36. The minimum absolute atomic E-state index is 0.0218. The van der Waals surface area contributed by atoms with E-state index in [0.717, 1.165) is 22.0 Å². The number of hydrogen-bond acceptors (Lipinski definition) is 2. The molecular formula is C22H34N2OS. The van der Waals surface area contributed by atoms with Crippen molar-refractivity contribution in [3.05, 3.63) is 35.7 Å². The Balaban J connectivity index is 2.85. The summed E-state index contributed by atoms with van der Waals surface area (Å²) in [5.41, 5.74) is 3.34. The molecule has 1 unspecified atom stereocenters. The van der Waals surface area contributed by atoms with Crippen LogP contribution in [0.1, 0.15) is 73.7 Å². The summed E-state index contributed by atoms with van der Waals surface area (Å²) in [5, 5.41) is 0. The Labute approximate surface area is 161 Å². The molecule has 26 heavy (non-hydrogen) atoms. The van der Waals surface area contributed by atoms with Gasteiger partial charge < -0.3 is 4.57 Å². The van der Waals surface area contributed by atoms with Gasteiger partial charge in [-0.1, -0.05) is 53.7 Å². The van der Waals surface area contributed by atoms with Gasteiger partial charge in [-0.25, -0.2) is 4.98 Å². The lowest BCUT2D eigenvalue weighted by Gasteiger charge is -2.33. The van der Waals surface area contributed by atoms with Gasteiger partial charge in [-0.3, -0.25) is 4.21 Å². The van der Waals surface area contributed by atoms with Crippen LogP contribution in [0.4, 0.5) is 0 Å². The zero-order valence-corrected chi connectivity index (χ0v) is 18.8. The monoisotopic (exact) mass is 374 g/mol. The number of nitrogens with zero attached hydrogens (tertiary/aromatic N) is 2. The van der Waals surface area contributed by atoms with E-state index in [9.17, 15) is 4.21 Å². The molecule has 0 aliphatic rings. The molecule has 0 saturated carbocycles. The van der Waals surface area contributed by atoms with E-state index in [1.165, 1.54) is 5.69 Å². The van der Waals surface area contributed by atoms with Gasteiger partial charge in [0.15, 0.2) is 0 Å². The molecule has 0 bridgehead atoms. The summed E-state index contributed by atoms with van der Waals surface area (Å²) < 4.78 is 14.1. The average molecular weight is 375 g/mol. The van der Waals surface area contributed by atoms with Crippen LogP contribution < -0.4 is 0 Å². The molecule has 2 rings (SSSR count). The van der Waals surface area contributed by atoms with Gasteiger partial charge in [-0.05, 0) is 32.9 Å². The maximum Gasteiger partial charge on any atom is 0.140 e. The van der Waals surface area contributed by atoms with Crippen LogP contribution in [0.3, 0.4) is 0 Å². The van der Waals surface area contributed by atoms with E-state index < -0.39 is 10.8 Å². The Morgan fingerprint density at radius 1 is 0.846 bits per heavy atom. The molecule has 0 aliphatic carbocycles. The molecule has 1 aromatic heterocycles. The topological polar surface area (TPSA) is 34.9 Å². The highest BCUT2D eigenvalue weighted by molar-refractivity contribution is 7.84. The highest BCUT2D eigenvalue weighted by Crippen LogP contribution is 2.40. The summed E-state index contributed by atoms with van der Waals surface area (Å²) in [4.78, 5) is 5.99. The van der Waals surface area contributed by atoms with Crippen LogP contribution in [0.15, 0.2) is 29.2 Å². The zero-order chi connectivity index (χ0) is 20.1. The Morgan fingerprint density at radius 2 is 1.35 bits per heavy atom. The largest absolute Gasteiger partial charge is 0.322 e. The molecule has 1 heterocycles. The van der Waals surface area contributed by atoms with E-state index >= 15 is 0 Å². The first-order chi connectivity index (χ1) is 11.6. The van der Waals surface area contributed by atoms with Crippen LogP contribution in [0, 0.1) is 0 Å². The predicted molar refractivity (Wildman–Crippen MR) is 112 cm³/mol. The molecule has 1 atom stereocenters. The third-order valence-corrected chi connectivity index (χ3v) is 5.35. The summed E-state index contributed by atoms with van der Waals surface area (Å²) in [6.45, 7) is 20.2. The fourth-order valence-corrected chi connectivity index (χ4v) is 3.80. The molecule has 144 valence electrons. The van der Waals surface area contributed by atoms with E-state index in [1.807, 2.05) is 24.3 Å². The Hall–Kier alpha value is -1.42. The highest BCUT2D eigenvalue weighted by atomic mass is 32.2. The predicted octanol–water partition coefficient (Wildman–Crippen LogP) is 5.64. The molecule has 0 amide bonds. The van der Waals surface area contributed by atoms with Crippen LogP contribution in [-0.4, -0.2) is 20.0 Å². The molecule has 0 spiro atoms. The van der Waals surface area contributed by atoms with Crippen molar-refractivity contribution in [1.29, 1.82) is 0 Å². The molecule has 2 aromatic rings.